The van der Waals surface area contributed by atoms with Crippen molar-refractivity contribution in [1.82, 2.24) is 19.8 Å². The van der Waals surface area contributed by atoms with Gasteiger partial charge in [0.1, 0.15) is 5.75 Å². The number of halogens is 4. The molecule has 0 unspecified atom stereocenters. The zero-order valence-corrected chi connectivity index (χ0v) is 14.3. The molecule has 3 aromatic rings. The van der Waals surface area contributed by atoms with Crippen LogP contribution in [0.3, 0.4) is 0 Å². The molecule has 3 rings (SSSR count). The minimum atomic E-state index is -4.72. The number of rotatable bonds is 3. The molecule has 0 saturated heterocycles. The average molecular weight is 392 g/mol. The molecule has 7 nitrogen and oxygen atoms in total. The van der Waals surface area contributed by atoms with Gasteiger partial charge in [0.15, 0.2) is 0 Å². The lowest BCUT2D eigenvalue weighted by Gasteiger charge is -2.11. The number of fused-ring (bicyclic) bond motifs is 1. The quantitative estimate of drug-likeness (QED) is 0.739. The van der Waals surface area contributed by atoms with Crippen molar-refractivity contribution in [3.8, 4) is 5.75 Å². The zero-order valence-electron chi connectivity index (χ0n) is 12.7. The number of hydrogen-bond donors (Lipinski definition) is 1. The van der Waals surface area contributed by atoms with Gasteiger partial charge in [-0.3, -0.25) is 4.79 Å². The van der Waals surface area contributed by atoms with Crippen LogP contribution < -0.4 is 10.1 Å². The lowest BCUT2D eigenvalue weighted by molar-refractivity contribution is -0.146. The van der Waals surface area contributed by atoms with E-state index in [4.69, 9.17) is 16.3 Å². The second-order valence-corrected chi connectivity index (χ2v) is 6.24. The number of amides is 1. The van der Waals surface area contributed by atoms with Gasteiger partial charge in [-0.05, 0) is 18.6 Å². The third-order valence-electron chi connectivity index (χ3n) is 3.17. The molecule has 0 aliphatic rings. The molecule has 12 heteroatoms. The Balaban J connectivity index is 1.93. The van der Waals surface area contributed by atoms with Gasteiger partial charge < -0.3 is 10.1 Å². The summed E-state index contributed by atoms with van der Waals surface area (Å²) >= 11 is 6.67. The van der Waals surface area contributed by atoms with E-state index in [9.17, 15) is 18.0 Å². The molecule has 0 bridgehead atoms. The molecule has 1 aromatic carbocycles. The normalized spacial score (nSPS) is 11.8. The molecule has 0 spiro atoms. The predicted molar refractivity (Wildman–Crippen MR) is 84.4 cm³/mol. The summed E-state index contributed by atoms with van der Waals surface area (Å²) in [5.74, 6) is -1.69. The maximum absolute atomic E-state index is 12.8. The lowest BCUT2D eigenvalue weighted by atomic mass is 10.2. The smallest absolute Gasteiger partial charge is 0.453 e. The average Bonchev–Trinajstić information content (AvgIpc) is 3.09. The Kier molecular flexibility index (Phi) is 4.29. The number of nitrogens with one attached hydrogen (secondary N) is 1. The minimum Gasteiger partial charge on any atom is -0.495 e. The predicted octanol–water partition coefficient (Wildman–Crippen LogP) is 3.43. The largest absolute Gasteiger partial charge is 0.495 e. The number of ether oxygens (including phenoxy) is 1. The Bertz CT molecular complexity index is 969. The van der Waals surface area contributed by atoms with Gasteiger partial charge in [0.2, 0.25) is 9.97 Å². The summed E-state index contributed by atoms with van der Waals surface area (Å²) in [5.41, 5.74) is 1.01. The minimum absolute atomic E-state index is 0.142. The Morgan fingerprint density at radius 3 is 2.72 bits per heavy atom. The topological polar surface area (TPSA) is 81.4 Å². The summed E-state index contributed by atoms with van der Waals surface area (Å²) in [6.45, 7) is 1.73. The van der Waals surface area contributed by atoms with Gasteiger partial charge in [-0.1, -0.05) is 22.9 Å². The fourth-order valence-corrected chi connectivity index (χ4v) is 2.88. The molecule has 2 heterocycles. The Morgan fingerprint density at radius 1 is 1.36 bits per heavy atom. The van der Waals surface area contributed by atoms with Crippen molar-refractivity contribution in [2.45, 2.75) is 13.1 Å². The number of methoxy groups -OCH3 is 1. The van der Waals surface area contributed by atoms with Crippen molar-refractivity contribution >= 4 is 39.5 Å². The first kappa shape index (κ1) is 17.4. The van der Waals surface area contributed by atoms with Crippen molar-refractivity contribution in [3.63, 3.8) is 0 Å². The Morgan fingerprint density at radius 2 is 2.08 bits per heavy atom. The molecule has 1 amide bonds. The summed E-state index contributed by atoms with van der Waals surface area (Å²) < 4.78 is 44.0. The van der Waals surface area contributed by atoms with E-state index < -0.39 is 17.9 Å². The van der Waals surface area contributed by atoms with Gasteiger partial charge in [0.05, 0.1) is 12.8 Å². The van der Waals surface area contributed by atoms with Crippen LogP contribution in [-0.2, 0) is 6.18 Å². The Hall–Kier alpha value is -2.40. The molecular weight excluding hydrogens is 383 g/mol. The highest BCUT2D eigenvalue weighted by atomic mass is 35.5. The molecule has 0 aliphatic heterocycles. The first-order chi connectivity index (χ1) is 11.7. The van der Waals surface area contributed by atoms with Crippen molar-refractivity contribution in [1.29, 1.82) is 0 Å². The molecule has 0 aliphatic carbocycles. The van der Waals surface area contributed by atoms with Crippen LogP contribution in [-0.4, -0.2) is 32.8 Å². The third kappa shape index (κ3) is 3.24. The number of aryl methyl sites for hydroxylation is 1. The van der Waals surface area contributed by atoms with Crippen LogP contribution in [0.2, 0.25) is 5.02 Å². The molecule has 1 N–H and O–H groups in total. The molecule has 0 saturated carbocycles. The maximum atomic E-state index is 12.8. The number of nitrogens with zero attached hydrogens (tertiary/aromatic N) is 4. The number of carbonyl (C=O) groups excluding carboxylic acids is 1. The van der Waals surface area contributed by atoms with Crippen LogP contribution >= 0.6 is 22.9 Å². The number of anilines is 1. The molecule has 132 valence electrons. The van der Waals surface area contributed by atoms with Gasteiger partial charge in [-0.25, -0.2) is 0 Å². The summed E-state index contributed by atoms with van der Waals surface area (Å²) in [7, 11) is 1.40. The number of alkyl halides is 3. The van der Waals surface area contributed by atoms with Crippen molar-refractivity contribution in [2.75, 3.05) is 12.4 Å². The zero-order chi connectivity index (χ0) is 18.4. The summed E-state index contributed by atoms with van der Waals surface area (Å²) in [4.78, 5) is 12.2. The Labute approximate surface area is 147 Å². The SMILES string of the molecule is COc1cc(Cl)c(C)cc1NC(=O)c1nn2c(C(F)(F)F)nnc2s1. The molecular formula is C13H9ClF3N5O2S. The van der Waals surface area contributed by atoms with E-state index in [1.54, 1.807) is 13.0 Å². The van der Waals surface area contributed by atoms with E-state index in [0.717, 1.165) is 0 Å². The monoisotopic (exact) mass is 391 g/mol. The van der Waals surface area contributed by atoms with Crippen LogP contribution in [0.15, 0.2) is 12.1 Å². The van der Waals surface area contributed by atoms with E-state index in [1.165, 1.54) is 13.2 Å². The number of carbonyl (C=O) groups is 1. The molecule has 25 heavy (non-hydrogen) atoms. The maximum Gasteiger partial charge on any atom is 0.453 e. The van der Waals surface area contributed by atoms with Gasteiger partial charge in [-0.15, -0.1) is 15.3 Å². The summed E-state index contributed by atoms with van der Waals surface area (Å²) in [5, 5.41) is 12.8. The van der Waals surface area contributed by atoms with E-state index in [-0.39, 0.29) is 9.97 Å². The van der Waals surface area contributed by atoms with E-state index >= 15 is 0 Å². The van der Waals surface area contributed by atoms with Gasteiger partial charge in [0.25, 0.3) is 11.7 Å². The highest BCUT2D eigenvalue weighted by molar-refractivity contribution is 7.18. The first-order valence-corrected chi connectivity index (χ1v) is 7.85. The van der Waals surface area contributed by atoms with Gasteiger partial charge in [0, 0.05) is 11.1 Å². The molecule has 0 radical (unpaired) electrons. The fraction of sp³-hybridized carbons (Fsp3) is 0.231. The number of aromatic nitrogens is 4. The van der Waals surface area contributed by atoms with E-state index in [0.29, 0.717) is 37.9 Å². The van der Waals surface area contributed by atoms with E-state index in [2.05, 4.69) is 20.6 Å². The molecule has 2 aromatic heterocycles. The number of hydrogen-bond acceptors (Lipinski definition) is 6. The third-order valence-corrected chi connectivity index (χ3v) is 4.47. The highest BCUT2D eigenvalue weighted by Crippen LogP contribution is 2.32. The van der Waals surface area contributed by atoms with Crippen LogP contribution in [0.4, 0.5) is 18.9 Å². The summed E-state index contributed by atoms with van der Waals surface area (Å²) in [6.07, 6.45) is -4.72. The second kappa shape index (κ2) is 6.15. The van der Waals surface area contributed by atoms with Crippen LogP contribution in [0.1, 0.15) is 21.2 Å². The standard InChI is InChI=1S/C13H9ClF3N5O2S/c1-5-3-7(8(24-2)4-6(5)14)18-9(23)10-21-22-11(13(15,16)17)19-20-12(22)25-10/h3-4H,1-2H3,(H,18,23). The number of benzene rings is 1. The van der Waals surface area contributed by atoms with E-state index in [1.807, 2.05) is 0 Å². The van der Waals surface area contributed by atoms with Crippen LogP contribution in [0.5, 0.6) is 5.75 Å². The van der Waals surface area contributed by atoms with Crippen molar-refractivity contribution in [2.24, 2.45) is 0 Å². The van der Waals surface area contributed by atoms with Crippen LogP contribution in [0.25, 0.3) is 4.96 Å². The van der Waals surface area contributed by atoms with Gasteiger partial charge in [-0.2, -0.15) is 17.7 Å². The van der Waals surface area contributed by atoms with Crippen molar-refractivity contribution in [3.05, 3.63) is 33.6 Å². The fourth-order valence-electron chi connectivity index (χ4n) is 1.99. The lowest BCUT2D eigenvalue weighted by Crippen LogP contribution is -2.15. The highest BCUT2D eigenvalue weighted by Gasteiger charge is 2.38. The van der Waals surface area contributed by atoms with Crippen LogP contribution in [0, 0.1) is 6.92 Å². The molecule has 0 atom stereocenters. The van der Waals surface area contributed by atoms with Gasteiger partial charge >= 0.3 is 6.18 Å². The van der Waals surface area contributed by atoms with Crippen molar-refractivity contribution < 1.29 is 22.7 Å². The second-order valence-electron chi connectivity index (χ2n) is 4.88. The molecule has 0 fully saturated rings. The summed E-state index contributed by atoms with van der Waals surface area (Å²) in [6, 6.07) is 3.10. The first-order valence-electron chi connectivity index (χ1n) is 6.65.